The lowest BCUT2D eigenvalue weighted by Crippen LogP contribution is -2.19. The van der Waals surface area contributed by atoms with Gasteiger partial charge in [0, 0.05) is 0 Å². The van der Waals surface area contributed by atoms with Crippen LogP contribution in [0.15, 0.2) is 24.3 Å². The highest BCUT2D eigenvalue weighted by Crippen LogP contribution is 2.32. The van der Waals surface area contributed by atoms with Gasteiger partial charge in [-0.15, -0.1) is 0 Å². The summed E-state index contributed by atoms with van der Waals surface area (Å²) in [6.45, 7) is 4.08. The first kappa shape index (κ1) is 13.1. The van der Waals surface area contributed by atoms with Gasteiger partial charge in [-0.3, -0.25) is 4.89 Å². The molecule has 0 bridgehead atoms. The molecule has 1 saturated carbocycles. The molecule has 0 aliphatic heterocycles. The first-order valence-corrected chi connectivity index (χ1v) is 6.48. The lowest BCUT2D eigenvalue weighted by atomic mass is 9.88. The molecule has 1 aliphatic carbocycles. The van der Waals surface area contributed by atoms with E-state index in [-0.39, 0.29) is 0 Å². The van der Waals surface area contributed by atoms with E-state index in [2.05, 4.69) is 6.92 Å². The molecule has 0 saturated heterocycles. The summed E-state index contributed by atoms with van der Waals surface area (Å²) in [5.41, 5.74) is 1.63. The van der Waals surface area contributed by atoms with Gasteiger partial charge in [0.15, 0.2) is 6.10 Å². The van der Waals surface area contributed by atoms with Crippen molar-refractivity contribution in [3.63, 3.8) is 0 Å². The van der Waals surface area contributed by atoms with Crippen molar-refractivity contribution in [3.8, 4) is 0 Å². The van der Waals surface area contributed by atoms with Crippen LogP contribution >= 0.6 is 0 Å². The smallest absolute Gasteiger partial charge is 0.292 e. The van der Waals surface area contributed by atoms with E-state index in [1.165, 1.54) is 6.42 Å². The molecule has 1 unspecified atom stereocenters. The maximum Gasteiger partial charge on any atom is 0.373 e. The van der Waals surface area contributed by atoms with Crippen LogP contribution in [0.4, 0.5) is 0 Å². The molecule has 97 valence electrons. The standard InChI is InChI=1S/C15H19O3/c1-11-7-9-13(10-8-11)15(16)18-17-14-6-4-3-5-12(14)2/h7-10,12H,3-6H2,1-2H3. The van der Waals surface area contributed by atoms with Crippen LogP contribution in [0.25, 0.3) is 0 Å². The van der Waals surface area contributed by atoms with Gasteiger partial charge in [-0.05, 0) is 37.8 Å². The van der Waals surface area contributed by atoms with E-state index >= 15 is 0 Å². The van der Waals surface area contributed by atoms with Crippen molar-refractivity contribution in [3.05, 3.63) is 41.5 Å². The van der Waals surface area contributed by atoms with Gasteiger partial charge >= 0.3 is 5.97 Å². The molecule has 18 heavy (non-hydrogen) atoms. The fraction of sp³-hybridized carbons (Fsp3) is 0.467. The molecule has 1 aromatic rings. The molecule has 1 aliphatic rings. The summed E-state index contributed by atoms with van der Waals surface area (Å²) in [6.07, 6.45) is 5.23. The highest BCUT2D eigenvalue weighted by Gasteiger charge is 2.25. The van der Waals surface area contributed by atoms with Gasteiger partial charge < -0.3 is 0 Å². The summed E-state index contributed by atoms with van der Waals surface area (Å²) in [6, 6.07) is 7.26. The topological polar surface area (TPSA) is 35.5 Å². The Morgan fingerprint density at radius 3 is 2.61 bits per heavy atom. The molecule has 0 spiro atoms. The minimum absolute atomic E-state index is 0.379. The Morgan fingerprint density at radius 1 is 1.22 bits per heavy atom. The summed E-state index contributed by atoms with van der Waals surface area (Å²) in [7, 11) is 0. The van der Waals surface area contributed by atoms with Gasteiger partial charge in [-0.25, -0.2) is 4.79 Å². The number of benzene rings is 1. The first-order valence-electron chi connectivity index (χ1n) is 6.48. The average molecular weight is 247 g/mol. The minimum Gasteiger partial charge on any atom is -0.292 e. The lowest BCUT2D eigenvalue weighted by Gasteiger charge is -2.25. The van der Waals surface area contributed by atoms with Crippen LogP contribution in [0.3, 0.4) is 0 Å². The quantitative estimate of drug-likeness (QED) is 0.601. The third-order valence-electron chi connectivity index (χ3n) is 3.37. The molecule has 2 rings (SSSR count). The van der Waals surface area contributed by atoms with Gasteiger partial charge in [0.2, 0.25) is 0 Å². The van der Waals surface area contributed by atoms with Crippen molar-refractivity contribution in [2.75, 3.05) is 0 Å². The number of hydrogen-bond donors (Lipinski definition) is 0. The van der Waals surface area contributed by atoms with Gasteiger partial charge in [0.25, 0.3) is 0 Å². The summed E-state index contributed by atoms with van der Waals surface area (Å²) >= 11 is 0. The average Bonchev–Trinajstić information content (AvgIpc) is 2.38. The van der Waals surface area contributed by atoms with E-state index in [9.17, 15) is 4.79 Å². The van der Waals surface area contributed by atoms with Crippen molar-refractivity contribution >= 4 is 5.97 Å². The molecule has 1 aromatic carbocycles. The predicted octanol–water partition coefficient (Wildman–Crippen LogP) is 3.83. The summed E-state index contributed by atoms with van der Waals surface area (Å²) in [5.74, 6) is -0.0511. The monoisotopic (exact) mass is 247 g/mol. The van der Waals surface area contributed by atoms with E-state index in [0.717, 1.165) is 30.9 Å². The Kier molecular flexibility index (Phi) is 4.37. The highest BCUT2D eigenvalue weighted by molar-refractivity contribution is 5.88. The lowest BCUT2D eigenvalue weighted by molar-refractivity contribution is -0.246. The Balaban J connectivity index is 1.86. The molecule has 1 radical (unpaired) electrons. The van der Waals surface area contributed by atoms with Crippen molar-refractivity contribution in [2.45, 2.75) is 39.5 Å². The Morgan fingerprint density at radius 2 is 1.94 bits per heavy atom. The molecule has 1 atom stereocenters. The molecule has 0 heterocycles. The second-order valence-electron chi connectivity index (χ2n) is 4.93. The van der Waals surface area contributed by atoms with Crippen molar-refractivity contribution in [1.29, 1.82) is 0 Å². The van der Waals surface area contributed by atoms with E-state index in [1.54, 1.807) is 12.1 Å². The zero-order valence-corrected chi connectivity index (χ0v) is 10.9. The van der Waals surface area contributed by atoms with Gasteiger partial charge in [-0.2, -0.15) is 4.89 Å². The molecule has 1 fully saturated rings. The zero-order chi connectivity index (χ0) is 13.0. The largest absolute Gasteiger partial charge is 0.373 e. The highest BCUT2D eigenvalue weighted by atomic mass is 17.2. The Labute approximate surface area is 108 Å². The molecule has 0 amide bonds. The first-order chi connectivity index (χ1) is 8.66. The molecule has 0 N–H and O–H groups in total. The fourth-order valence-electron chi connectivity index (χ4n) is 2.11. The van der Waals surface area contributed by atoms with Crippen LogP contribution in [0, 0.1) is 18.9 Å². The van der Waals surface area contributed by atoms with Gasteiger partial charge in [-0.1, -0.05) is 37.5 Å². The van der Waals surface area contributed by atoms with E-state index in [4.69, 9.17) is 9.78 Å². The SMILES string of the molecule is Cc1ccc(C(=O)OO[C]2CCCCC2C)cc1. The Bertz CT molecular complexity index is 397. The van der Waals surface area contributed by atoms with E-state index in [1.807, 2.05) is 19.1 Å². The number of rotatable bonds is 3. The maximum absolute atomic E-state index is 11.7. The van der Waals surface area contributed by atoms with Gasteiger partial charge in [0.05, 0.1) is 5.56 Å². The van der Waals surface area contributed by atoms with Crippen LogP contribution in [0.2, 0.25) is 0 Å². The third kappa shape index (κ3) is 3.33. The number of aryl methyl sites for hydroxylation is 1. The maximum atomic E-state index is 11.7. The minimum atomic E-state index is -0.430. The summed E-state index contributed by atoms with van der Waals surface area (Å²) in [4.78, 5) is 21.9. The van der Waals surface area contributed by atoms with Crippen LogP contribution in [-0.4, -0.2) is 5.97 Å². The molecule has 3 heteroatoms. The van der Waals surface area contributed by atoms with Crippen LogP contribution in [0.1, 0.15) is 48.5 Å². The molecule has 0 aromatic heterocycles. The van der Waals surface area contributed by atoms with Crippen LogP contribution in [-0.2, 0) is 9.78 Å². The molecule has 3 nitrogen and oxygen atoms in total. The molecular formula is C15H19O3. The van der Waals surface area contributed by atoms with E-state index in [0.29, 0.717) is 11.5 Å². The third-order valence-corrected chi connectivity index (χ3v) is 3.37. The number of hydrogen-bond acceptors (Lipinski definition) is 3. The van der Waals surface area contributed by atoms with Crippen LogP contribution in [0.5, 0.6) is 0 Å². The van der Waals surface area contributed by atoms with Crippen molar-refractivity contribution in [2.24, 2.45) is 5.92 Å². The number of carbonyl (C=O) groups is 1. The molecular weight excluding hydrogens is 228 g/mol. The number of carbonyl (C=O) groups excluding carboxylic acids is 1. The summed E-state index contributed by atoms with van der Waals surface area (Å²) < 4.78 is 0. The van der Waals surface area contributed by atoms with Crippen molar-refractivity contribution < 1.29 is 14.6 Å². The predicted molar refractivity (Wildman–Crippen MR) is 68.6 cm³/mol. The fourth-order valence-corrected chi connectivity index (χ4v) is 2.11. The zero-order valence-electron chi connectivity index (χ0n) is 10.9. The summed E-state index contributed by atoms with van der Waals surface area (Å²) in [5, 5.41) is 0. The Hall–Kier alpha value is -1.35. The van der Waals surface area contributed by atoms with Crippen molar-refractivity contribution in [1.82, 2.24) is 0 Å². The second kappa shape index (κ2) is 6.01. The second-order valence-corrected chi connectivity index (χ2v) is 4.93. The normalized spacial score (nSPS) is 20.7. The van der Waals surface area contributed by atoms with Gasteiger partial charge in [0.1, 0.15) is 0 Å². The van der Waals surface area contributed by atoms with E-state index < -0.39 is 5.97 Å². The van der Waals surface area contributed by atoms with Crippen LogP contribution < -0.4 is 0 Å².